The number of Topliss-reactive ketones (excluding diaryl/α,β-unsaturated/α-hetero) is 1. The molecule has 0 atom stereocenters. The van der Waals surface area contributed by atoms with Gasteiger partial charge in [-0.3, -0.25) is 15.0 Å². The van der Waals surface area contributed by atoms with Gasteiger partial charge in [-0.05, 0) is 63.6 Å². The second-order valence-electron chi connectivity index (χ2n) is 6.99. The fourth-order valence-corrected chi connectivity index (χ4v) is 2.47. The van der Waals surface area contributed by atoms with Crippen LogP contribution in [0.2, 0.25) is 0 Å². The Bertz CT molecular complexity index is 760. The molecule has 0 aliphatic rings. The second kappa shape index (κ2) is 7.49. The molecule has 1 amide bonds. The molecule has 5 nitrogen and oxygen atoms in total. The molecule has 0 saturated carbocycles. The topological polar surface area (TPSA) is 78.4 Å². The molecular formula is C20H24N2O3. The highest BCUT2D eigenvalue weighted by Gasteiger charge is 2.23. The quantitative estimate of drug-likeness (QED) is 0.557. The lowest BCUT2D eigenvalue weighted by Crippen LogP contribution is -2.51. The van der Waals surface area contributed by atoms with E-state index in [4.69, 9.17) is 0 Å². The van der Waals surface area contributed by atoms with Crippen molar-refractivity contribution in [2.45, 2.75) is 39.7 Å². The van der Waals surface area contributed by atoms with Crippen LogP contribution in [0, 0.1) is 13.8 Å². The number of nitrogens with one attached hydrogen (secondary N) is 2. The third-order valence-corrected chi connectivity index (χ3v) is 3.81. The number of rotatable bonds is 6. The number of aryl methyl sites for hydroxylation is 2. The van der Waals surface area contributed by atoms with Gasteiger partial charge in [0.15, 0.2) is 5.78 Å². The summed E-state index contributed by atoms with van der Waals surface area (Å²) in [6.45, 7) is 7.44. The van der Waals surface area contributed by atoms with Gasteiger partial charge in [0, 0.05) is 23.1 Å². The lowest BCUT2D eigenvalue weighted by Gasteiger charge is -2.26. The van der Waals surface area contributed by atoms with Crippen molar-refractivity contribution in [1.82, 2.24) is 10.9 Å². The van der Waals surface area contributed by atoms with E-state index >= 15 is 0 Å². The number of hydrogen-bond acceptors (Lipinski definition) is 4. The molecule has 0 spiro atoms. The Labute approximate surface area is 148 Å². The maximum absolute atomic E-state index is 12.5. The third-order valence-electron chi connectivity index (χ3n) is 3.81. The number of carbonyl (C=O) groups is 2. The van der Waals surface area contributed by atoms with Gasteiger partial charge < -0.3 is 5.11 Å². The maximum Gasteiger partial charge on any atom is 0.265 e. The summed E-state index contributed by atoms with van der Waals surface area (Å²) in [4.78, 5) is 24.6. The van der Waals surface area contributed by atoms with Crippen molar-refractivity contribution in [1.29, 1.82) is 0 Å². The first kappa shape index (κ1) is 18.7. The molecule has 3 N–H and O–H groups in total. The number of aromatic hydroxyl groups is 1. The summed E-state index contributed by atoms with van der Waals surface area (Å²) >= 11 is 0. The van der Waals surface area contributed by atoms with E-state index in [0.717, 1.165) is 11.1 Å². The van der Waals surface area contributed by atoms with E-state index in [-0.39, 0.29) is 23.9 Å². The minimum atomic E-state index is -0.642. The average Bonchev–Trinajstić information content (AvgIpc) is 2.52. The largest absolute Gasteiger partial charge is 0.508 e. The molecule has 5 heteroatoms. The van der Waals surface area contributed by atoms with Crippen molar-refractivity contribution >= 4 is 11.7 Å². The monoisotopic (exact) mass is 340 g/mol. The van der Waals surface area contributed by atoms with E-state index in [1.807, 2.05) is 39.8 Å². The molecule has 25 heavy (non-hydrogen) atoms. The molecule has 132 valence electrons. The van der Waals surface area contributed by atoms with Crippen molar-refractivity contribution in [2.75, 3.05) is 0 Å². The maximum atomic E-state index is 12.5. The third kappa shape index (κ3) is 5.43. The first-order valence-corrected chi connectivity index (χ1v) is 8.14. The Morgan fingerprint density at radius 1 is 0.960 bits per heavy atom. The summed E-state index contributed by atoms with van der Waals surface area (Å²) in [5, 5.41) is 9.64. The van der Waals surface area contributed by atoms with Crippen LogP contribution in [0.3, 0.4) is 0 Å². The van der Waals surface area contributed by atoms with Crippen LogP contribution >= 0.6 is 0 Å². The van der Waals surface area contributed by atoms with Gasteiger partial charge >= 0.3 is 0 Å². The Balaban J connectivity index is 1.97. The van der Waals surface area contributed by atoms with Gasteiger partial charge in [0.2, 0.25) is 0 Å². The summed E-state index contributed by atoms with van der Waals surface area (Å²) in [5.41, 5.74) is 7.83. The first-order chi connectivity index (χ1) is 11.7. The molecule has 0 radical (unpaired) electrons. The fraction of sp³-hybridized carbons (Fsp3) is 0.300. The predicted octanol–water partition coefficient (Wildman–Crippen LogP) is 3.30. The van der Waals surface area contributed by atoms with E-state index in [1.54, 1.807) is 24.3 Å². The summed E-state index contributed by atoms with van der Waals surface area (Å²) in [7, 11) is 0. The Morgan fingerprint density at radius 2 is 1.60 bits per heavy atom. The molecule has 2 aromatic carbocycles. The SMILES string of the molecule is Cc1ccc(C(=O)NNC(C)(C)CC(=O)c2cc(C)cc(O)c2)cc1. The number of benzene rings is 2. The number of phenolic OH excluding ortho intramolecular Hbond substituents is 1. The highest BCUT2D eigenvalue weighted by molar-refractivity contribution is 5.97. The number of ketones is 1. The molecule has 0 aliphatic carbocycles. The standard InChI is InChI=1S/C20H24N2O3/c1-13-5-7-15(8-6-13)19(25)21-22-20(3,4)12-18(24)16-9-14(2)10-17(23)11-16/h5-11,22-23H,12H2,1-4H3,(H,21,25). The smallest absolute Gasteiger partial charge is 0.265 e. The van der Waals surface area contributed by atoms with Crippen LogP contribution < -0.4 is 10.9 Å². The van der Waals surface area contributed by atoms with E-state index in [2.05, 4.69) is 10.9 Å². The summed E-state index contributed by atoms with van der Waals surface area (Å²) in [5.74, 6) is -0.295. The molecule has 0 aromatic heterocycles. The minimum absolute atomic E-state index is 0.0711. The first-order valence-electron chi connectivity index (χ1n) is 8.14. The summed E-state index contributed by atoms with van der Waals surface area (Å²) in [6, 6.07) is 12.0. The van der Waals surface area contributed by atoms with Crippen LogP contribution in [0.1, 0.15) is 52.1 Å². The second-order valence-corrected chi connectivity index (χ2v) is 6.99. The molecule has 0 bridgehead atoms. The highest BCUT2D eigenvalue weighted by Crippen LogP contribution is 2.19. The Morgan fingerprint density at radius 3 is 2.20 bits per heavy atom. The lowest BCUT2D eigenvalue weighted by molar-refractivity contribution is 0.0870. The number of hydrazine groups is 1. The van der Waals surface area contributed by atoms with E-state index in [9.17, 15) is 14.7 Å². The molecule has 0 saturated heterocycles. The van der Waals surface area contributed by atoms with E-state index in [1.165, 1.54) is 6.07 Å². The van der Waals surface area contributed by atoms with E-state index < -0.39 is 5.54 Å². The number of phenols is 1. The van der Waals surface area contributed by atoms with Gasteiger partial charge in [-0.1, -0.05) is 17.7 Å². The van der Waals surface area contributed by atoms with Crippen molar-refractivity contribution in [2.24, 2.45) is 0 Å². The molecule has 0 fully saturated rings. The van der Waals surface area contributed by atoms with Gasteiger partial charge in [0.05, 0.1) is 0 Å². The summed E-state index contributed by atoms with van der Waals surface area (Å²) < 4.78 is 0. The zero-order valence-corrected chi connectivity index (χ0v) is 15.0. The van der Waals surface area contributed by atoms with Gasteiger partial charge in [0.25, 0.3) is 5.91 Å². The number of amides is 1. The number of hydrogen-bond donors (Lipinski definition) is 3. The van der Waals surface area contributed by atoms with Gasteiger partial charge in [-0.2, -0.15) is 0 Å². The molecule has 2 rings (SSSR count). The van der Waals surface area contributed by atoms with Crippen LogP contribution in [0.15, 0.2) is 42.5 Å². The van der Waals surface area contributed by atoms with Crippen molar-refractivity contribution in [3.8, 4) is 5.75 Å². The predicted molar refractivity (Wildman–Crippen MR) is 97.7 cm³/mol. The lowest BCUT2D eigenvalue weighted by atomic mass is 9.94. The normalized spacial score (nSPS) is 11.2. The number of carbonyl (C=O) groups excluding carboxylic acids is 2. The van der Waals surface area contributed by atoms with Gasteiger partial charge in [-0.15, -0.1) is 0 Å². The minimum Gasteiger partial charge on any atom is -0.508 e. The van der Waals surface area contributed by atoms with Crippen LogP contribution in [0.5, 0.6) is 5.75 Å². The summed E-state index contributed by atoms with van der Waals surface area (Å²) in [6.07, 6.45) is 0.171. The van der Waals surface area contributed by atoms with Crippen LogP contribution in [0.4, 0.5) is 0 Å². The van der Waals surface area contributed by atoms with Gasteiger partial charge in [-0.25, -0.2) is 5.43 Å². The fourth-order valence-electron chi connectivity index (χ4n) is 2.47. The average molecular weight is 340 g/mol. The zero-order valence-electron chi connectivity index (χ0n) is 15.0. The molecule has 0 aliphatic heterocycles. The van der Waals surface area contributed by atoms with Crippen molar-refractivity contribution in [3.05, 3.63) is 64.7 Å². The molecule has 0 heterocycles. The Kier molecular flexibility index (Phi) is 5.59. The molecule has 0 unspecified atom stereocenters. The van der Waals surface area contributed by atoms with Crippen molar-refractivity contribution in [3.63, 3.8) is 0 Å². The van der Waals surface area contributed by atoms with Crippen LogP contribution in [0.25, 0.3) is 0 Å². The van der Waals surface area contributed by atoms with Crippen LogP contribution in [-0.4, -0.2) is 22.3 Å². The van der Waals surface area contributed by atoms with Crippen molar-refractivity contribution < 1.29 is 14.7 Å². The Hall–Kier alpha value is -2.66. The highest BCUT2D eigenvalue weighted by atomic mass is 16.3. The zero-order chi connectivity index (χ0) is 18.6. The van der Waals surface area contributed by atoms with E-state index in [0.29, 0.717) is 11.1 Å². The van der Waals surface area contributed by atoms with Gasteiger partial charge in [0.1, 0.15) is 5.75 Å². The molecular weight excluding hydrogens is 316 g/mol. The van der Waals surface area contributed by atoms with Crippen LogP contribution in [-0.2, 0) is 0 Å². The molecule has 2 aromatic rings.